The van der Waals surface area contributed by atoms with E-state index in [2.05, 4.69) is 15.3 Å². The second-order valence-corrected chi connectivity index (χ2v) is 5.74. The molecule has 2 aliphatic rings. The molecule has 4 atom stereocenters. The summed E-state index contributed by atoms with van der Waals surface area (Å²) >= 11 is 0. The molecule has 0 saturated carbocycles. The molecule has 11 heteroatoms. The van der Waals surface area contributed by atoms with Crippen LogP contribution in [-0.2, 0) is 16.1 Å². The van der Waals surface area contributed by atoms with E-state index in [1.54, 1.807) is 0 Å². The summed E-state index contributed by atoms with van der Waals surface area (Å²) in [7, 11) is 0. The van der Waals surface area contributed by atoms with Crippen molar-refractivity contribution >= 4 is 23.0 Å². The van der Waals surface area contributed by atoms with Crippen LogP contribution in [0.2, 0.25) is 0 Å². The molecule has 11 nitrogen and oxygen atoms in total. The lowest BCUT2D eigenvalue weighted by molar-refractivity contribution is -0.116. The lowest BCUT2D eigenvalue weighted by Crippen LogP contribution is -2.34. The number of nitrogens with one attached hydrogen (secondary N) is 1. The van der Waals surface area contributed by atoms with Gasteiger partial charge in [-0.3, -0.25) is 24.0 Å². The number of carbonyl (C=O) groups is 1. The largest absolute Gasteiger partial charge is 0.394 e. The summed E-state index contributed by atoms with van der Waals surface area (Å²) in [5.41, 5.74) is -0.239. The van der Waals surface area contributed by atoms with Crippen molar-refractivity contribution in [3.63, 3.8) is 0 Å². The van der Waals surface area contributed by atoms with Crippen LogP contribution in [0.3, 0.4) is 0 Å². The molecule has 4 rings (SSSR count). The zero-order valence-electron chi connectivity index (χ0n) is 12.4. The van der Waals surface area contributed by atoms with Gasteiger partial charge in [-0.25, -0.2) is 4.98 Å². The molecule has 2 aromatic heterocycles. The third kappa shape index (κ3) is 2.06. The Morgan fingerprint density at radius 3 is 2.83 bits per heavy atom. The SMILES string of the molecule is O=C1CCn2c(nc3c(ncn3[C@@H]3O[C@H](CO)[C@@H](O)[C@H]3O)c2=O)N1. The highest BCUT2D eigenvalue weighted by Crippen LogP contribution is 2.31. The molecule has 0 aromatic carbocycles. The monoisotopic (exact) mass is 337 g/mol. The molecule has 128 valence electrons. The van der Waals surface area contributed by atoms with E-state index in [1.165, 1.54) is 15.5 Å². The predicted molar refractivity (Wildman–Crippen MR) is 78.0 cm³/mol. The van der Waals surface area contributed by atoms with E-state index in [-0.39, 0.29) is 36.0 Å². The van der Waals surface area contributed by atoms with E-state index < -0.39 is 36.7 Å². The van der Waals surface area contributed by atoms with Gasteiger partial charge < -0.3 is 20.1 Å². The van der Waals surface area contributed by atoms with Crippen LogP contribution in [0, 0.1) is 0 Å². The van der Waals surface area contributed by atoms with Crippen LogP contribution in [0.15, 0.2) is 11.1 Å². The number of rotatable bonds is 2. The molecular formula is C13H15N5O6. The van der Waals surface area contributed by atoms with Crippen molar-refractivity contribution in [1.29, 1.82) is 0 Å². The molecule has 4 heterocycles. The fourth-order valence-electron chi connectivity index (χ4n) is 3.00. The number of fused-ring (bicyclic) bond motifs is 2. The molecule has 1 amide bonds. The third-order valence-corrected chi connectivity index (χ3v) is 4.29. The van der Waals surface area contributed by atoms with Gasteiger partial charge in [-0.1, -0.05) is 0 Å². The van der Waals surface area contributed by atoms with E-state index in [9.17, 15) is 24.9 Å². The molecule has 0 radical (unpaired) electrons. The number of hydrogen-bond donors (Lipinski definition) is 4. The third-order valence-electron chi connectivity index (χ3n) is 4.29. The summed E-state index contributed by atoms with van der Waals surface area (Å²) in [5.74, 6) is -0.155. The van der Waals surface area contributed by atoms with E-state index in [1.807, 2.05) is 0 Å². The summed E-state index contributed by atoms with van der Waals surface area (Å²) in [6.07, 6.45) is -3.18. The fourth-order valence-corrected chi connectivity index (χ4v) is 3.00. The van der Waals surface area contributed by atoms with Gasteiger partial charge in [0.15, 0.2) is 17.4 Å². The summed E-state index contributed by atoms with van der Waals surface area (Å²) in [4.78, 5) is 32.3. The van der Waals surface area contributed by atoms with E-state index >= 15 is 0 Å². The first kappa shape index (κ1) is 15.2. The van der Waals surface area contributed by atoms with Crippen molar-refractivity contribution in [1.82, 2.24) is 19.1 Å². The van der Waals surface area contributed by atoms with Gasteiger partial charge in [0.2, 0.25) is 11.9 Å². The number of aromatic nitrogens is 4. The minimum absolute atomic E-state index is 0.0626. The Kier molecular flexibility index (Phi) is 3.38. The normalized spacial score (nSPS) is 29.7. The molecule has 2 aromatic rings. The molecular weight excluding hydrogens is 322 g/mol. The number of imidazole rings is 1. The fraction of sp³-hybridized carbons (Fsp3) is 0.538. The number of amides is 1. The van der Waals surface area contributed by atoms with Gasteiger partial charge >= 0.3 is 0 Å². The number of carbonyl (C=O) groups excluding carboxylic acids is 1. The Morgan fingerprint density at radius 1 is 1.33 bits per heavy atom. The number of nitrogens with zero attached hydrogens (tertiary/aromatic N) is 4. The van der Waals surface area contributed by atoms with Crippen LogP contribution < -0.4 is 10.9 Å². The first-order chi connectivity index (χ1) is 11.5. The van der Waals surface area contributed by atoms with Crippen molar-refractivity contribution < 1.29 is 24.9 Å². The molecule has 1 fully saturated rings. The van der Waals surface area contributed by atoms with Crippen molar-refractivity contribution in [3.05, 3.63) is 16.7 Å². The molecule has 0 spiro atoms. The summed E-state index contributed by atoms with van der Waals surface area (Å²) in [6.45, 7) is -0.257. The summed E-state index contributed by atoms with van der Waals surface area (Å²) in [5, 5.41) is 31.7. The molecule has 24 heavy (non-hydrogen) atoms. The molecule has 1 saturated heterocycles. The standard InChI is InChI=1S/C13H15N5O6/c19-3-5-8(21)9(22)12(24-5)18-4-14-7-10(18)16-13-15-6(20)1-2-17(13)11(7)23/h4-5,8-9,12,19,21-22H,1-3H2,(H,15,16,20)/t5-,8-,9-,12-/m1/s1. The Hall–Kier alpha value is -2.34. The van der Waals surface area contributed by atoms with Gasteiger partial charge in [-0.05, 0) is 0 Å². The number of hydrogen-bond acceptors (Lipinski definition) is 8. The van der Waals surface area contributed by atoms with Crippen LogP contribution in [0.25, 0.3) is 11.2 Å². The minimum atomic E-state index is -1.32. The summed E-state index contributed by atoms with van der Waals surface area (Å²) in [6, 6.07) is 0. The van der Waals surface area contributed by atoms with Crippen LogP contribution in [0.1, 0.15) is 12.6 Å². The van der Waals surface area contributed by atoms with E-state index in [0.29, 0.717) is 0 Å². The highest BCUT2D eigenvalue weighted by Gasteiger charge is 2.44. The first-order valence-corrected chi connectivity index (χ1v) is 7.41. The van der Waals surface area contributed by atoms with Crippen molar-refractivity contribution in [3.8, 4) is 0 Å². The van der Waals surface area contributed by atoms with Gasteiger partial charge in [0, 0.05) is 13.0 Å². The Bertz CT molecular complexity index is 876. The molecule has 0 bridgehead atoms. The average molecular weight is 337 g/mol. The smallest absolute Gasteiger partial charge is 0.283 e. The average Bonchev–Trinajstić information content (AvgIpc) is 3.10. The van der Waals surface area contributed by atoms with Gasteiger partial charge in [-0.15, -0.1) is 0 Å². The van der Waals surface area contributed by atoms with Crippen molar-refractivity contribution in [2.75, 3.05) is 11.9 Å². The maximum absolute atomic E-state index is 12.5. The van der Waals surface area contributed by atoms with E-state index in [4.69, 9.17) is 4.74 Å². The highest BCUT2D eigenvalue weighted by atomic mass is 16.6. The Morgan fingerprint density at radius 2 is 2.12 bits per heavy atom. The zero-order valence-corrected chi connectivity index (χ0v) is 12.4. The first-order valence-electron chi connectivity index (χ1n) is 7.41. The van der Waals surface area contributed by atoms with Crippen LogP contribution in [0.4, 0.5) is 5.95 Å². The van der Waals surface area contributed by atoms with Gasteiger partial charge in [0.25, 0.3) is 5.56 Å². The van der Waals surface area contributed by atoms with E-state index in [0.717, 1.165) is 0 Å². The van der Waals surface area contributed by atoms with Crippen LogP contribution >= 0.6 is 0 Å². The van der Waals surface area contributed by atoms with Gasteiger partial charge in [0.05, 0.1) is 12.9 Å². The molecule has 0 aliphatic carbocycles. The maximum Gasteiger partial charge on any atom is 0.283 e. The predicted octanol–water partition coefficient (Wildman–Crippen LogP) is -2.45. The summed E-state index contributed by atoms with van der Waals surface area (Å²) < 4.78 is 8.05. The molecule has 0 unspecified atom stereocenters. The zero-order chi connectivity index (χ0) is 17.0. The second-order valence-electron chi connectivity index (χ2n) is 5.74. The molecule has 4 N–H and O–H groups in total. The lowest BCUT2D eigenvalue weighted by Gasteiger charge is -2.19. The number of aliphatic hydroxyl groups excluding tert-OH is 3. The van der Waals surface area contributed by atoms with Gasteiger partial charge in [-0.2, -0.15) is 4.98 Å². The van der Waals surface area contributed by atoms with Gasteiger partial charge in [0.1, 0.15) is 18.3 Å². The number of ether oxygens (including phenoxy) is 1. The molecule has 2 aliphatic heterocycles. The minimum Gasteiger partial charge on any atom is -0.394 e. The van der Waals surface area contributed by atoms with Crippen molar-refractivity contribution in [2.24, 2.45) is 0 Å². The quantitative estimate of drug-likeness (QED) is 0.471. The topological polar surface area (TPSA) is 152 Å². The number of anilines is 1. The van der Waals surface area contributed by atoms with Crippen LogP contribution in [-0.4, -0.2) is 65.2 Å². The second kappa shape index (κ2) is 5.34. The lowest BCUT2D eigenvalue weighted by atomic mass is 10.1. The Balaban J connectivity index is 1.84. The number of aliphatic hydroxyl groups is 3. The van der Waals surface area contributed by atoms with Crippen molar-refractivity contribution in [2.45, 2.75) is 37.5 Å². The highest BCUT2D eigenvalue weighted by molar-refractivity contribution is 5.91. The Labute approximate surface area is 134 Å². The maximum atomic E-state index is 12.5. The van der Waals surface area contributed by atoms with Crippen LogP contribution in [0.5, 0.6) is 0 Å².